The van der Waals surface area contributed by atoms with Crippen LogP contribution in [0.4, 0.5) is 4.79 Å². The number of nitrogens with one attached hydrogen (secondary N) is 2. The first-order chi connectivity index (χ1) is 13.6. The second-order valence-corrected chi connectivity index (χ2v) is 7.48. The van der Waals surface area contributed by atoms with E-state index in [1.54, 1.807) is 0 Å². The van der Waals surface area contributed by atoms with E-state index in [9.17, 15) is 14.7 Å². The molecule has 28 heavy (non-hydrogen) atoms. The summed E-state index contributed by atoms with van der Waals surface area (Å²) in [5.74, 6) is -0.197. The van der Waals surface area contributed by atoms with Crippen molar-refractivity contribution in [3.8, 4) is 0 Å². The number of halogens is 1. The van der Waals surface area contributed by atoms with E-state index in [1.165, 1.54) is 0 Å². The average Bonchev–Trinajstić information content (AvgIpc) is 3.31. The minimum atomic E-state index is -0.974. The predicted molar refractivity (Wildman–Crippen MR) is 104 cm³/mol. The molecule has 2 saturated heterocycles. The van der Waals surface area contributed by atoms with Crippen LogP contribution in [0.1, 0.15) is 12.0 Å². The SMILES string of the molecule is O=C(CBr)NC[C@@H](O)[C@H](Cc1ccccc1)NC(=O)O[C@H]1CO[C@H]2OCC[C@H]21. The lowest BCUT2D eigenvalue weighted by atomic mass is 10.0. The van der Waals surface area contributed by atoms with Gasteiger partial charge in [-0.15, -0.1) is 0 Å². The molecule has 3 N–H and O–H groups in total. The molecule has 2 heterocycles. The molecule has 0 saturated carbocycles. The highest BCUT2D eigenvalue weighted by molar-refractivity contribution is 9.09. The number of hydrogen-bond acceptors (Lipinski definition) is 6. The standard InChI is InChI=1S/C19H25BrN2O6/c20-9-17(24)21-10-15(23)14(8-12-4-2-1-3-5-12)22-19(25)28-16-11-27-18-13(16)6-7-26-18/h1-5,13-16,18,23H,6-11H2,(H,21,24)(H,22,25)/t13-,14-,15+,16-,18+/m0/s1. The topological polar surface area (TPSA) is 106 Å². The van der Waals surface area contributed by atoms with Crippen LogP contribution in [0.2, 0.25) is 0 Å². The smallest absolute Gasteiger partial charge is 0.407 e. The van der Waals surface area contributed by atoms with Crippen LogP contribution in [-0.2, 0) is 25.4 Å². The summed E-state index contributed by atoms with van der Waals surface area (Å²) in [6, 6.07) is 8.88. The Morgan fingerprint density at radius 2 is 2.07 bits per heavy atom. The Bertz CT molecular complexity index is 661. The Labute approximate surface area is 172 Å². The number of rotatable bonds is 8. The first-order valence-electron chi connectivity index (χ1n) is 9.32. The number of carbonyl (C=O) groups is 2. The van der Waals surface area contributed by atoms with Gasteiger partial charge in [0.2, 0.25) is 5.91 Å². The lowest BCUT2D eigenvalue weighted by molar-refractivity contribution is -0.119. The molecule has 0 radical (unpaired) electrons. The molecule has 0 unspecified atom stereocenters. The van der Waals surface area contributed by atoms with Gasteiger partial charge < -0.3 is 30.0 Å². The zero-order chi connectivity index (χ0) is 19.9. The largest absolute Gasteiger partial charge is 0.443 e. The molecule has 2 fully saturated rings. The van der Waals surface area contributed by atoms with E-state index in [-0.39, 0.29) is 36.1 Å². The van der Waals surface area contributed by atoms with Crippen molar-refractivity contribution in [3.63, 3.8) is 0 Å². The Morgan fingerprint density at radius 1 is 1.29 bits per heavy atom. The molecule has 5 atom stereocenters. The normalized spacial score (nSPS) is 25.6. The summed E-state index contributed by atoms with van der Waals surface area (Å²) in [4.78, 5) is 23.9. The van der Waals surface area contributed by atoms with Gasteiger partial charge in [0.15, 0.2) is 6.29 Å². The van der Waals surface area contributed by atoms with Crippen LogP contribution in [0.3, 0.4) is 0 Å². The van der Waals surface area contributed by atoms with Gasteiger partial charge in [0.05, 0.1) is 36.6 Å². The van der Waals surface area contributed by atoms with Crippen molar-refractivity contribution in [2.45, 2.75) is 37.4 Å². The number of alkyl halides is 1. The highest BCUT2D eigenvalue weighted by Gasteiger charge is 2.44. The van der Waals surface area contributed by atoms with Crippen molar-refractivity contribution in [2.24, 2.45) is 5.92 Å². The number of benzene rings is 1. The number of aliphatic hydroxyl groups is 1. The number of carbonyl (C=O) groups excluding carboxylic acids is 2. The van der Waals surface area contributed by atoms with Gasteiger partial charge in [0, 0.05) is 6.54 Å². The van der Waals surface area contributed by atoms with Crippen molar-refractivity contribution < 1.29 is 28.9 Å². The monoisotopic (exact) mass is 456 g/mol. The molecule has 1 aromatic carbocycles. The maximum Gasteiger partial charge on any atom is 0.407 e. The van der Waals surface area contributed by atoms with Gasteiger partial charge in [-0.2, -0.15) is 0 Å². The molecule has 9 heteroatoms. The van der Waals surface area contributed by atoms with E-state index in [0.717, 1.165) is 12.0 Å². The zero-order valence-electron chi connectivity index (χ0n) is 15.4. The number of aliphatic hydroxyl groups excluding tert-OH is 1. The molecule has 0 spiro atoms. The third-order valence-electron chi connectivity index (χ3n) is 4.94. The maximum atomic E-state index is 12.5. The number of hydrogen-bond donors (Lipinski definition) is 3. The summed E-state index contributed by atoms with van der Waals surface area (Å²) in [7, 11) is 0. The van der Waals surface area contributed by atoms with Crippen LogP contribution in [-0.4, -0.2) is 66.7 Å². The number of ether oxygens (including phenoxy) is 3. The van der Waals surface area contributed by atoms with E-state index in [0.29, 0.717) is 19.6 Å². The van der Waals surface area contributed by atoms with E-state index < -0.39 is 18.2 Å². The number of alkyl carbamates (subject to hydrolysis) is 1. The lowest BCUT2D eigenvalue weighted by Crippen LogP contribution is -2.50. The van der Waals surface area contributed by atoms with E-state index in [2.05, 4.69) is 26.6 Å². The first-order valence-corrected chi connectivity index (χ1v) is 10.4. The average molecular weight is 457 g/mol. The molecule has 2 aliphatic rings. The summed E-state index contributed by atoms with van der Waals surface area (Å²) >= 11 is 3.06. The molecular formula is C19H25BrN2O6. The molecule has 2 amide bonds. The van der Waals surface area contributed by atoms with Crippen molar-refractivity contribution in [2.75, 3.05) is 25.1 Å². The maximum absolute atomic E-state index is 12.5. The third-order valence-corrected chi connectivity index (χ3v) is 5.45. The minimum Gasteiger partial charge on any atom is -0.443 e. The molecule has 3 rings (SSSR count). The van der Waals surface area contributed by atoms with Crippen molar-refractivity contribution >= 4 is 27.9 Å². The van der Waals surface area contributed by atoms with Gasteiger partial charge in [0.25, 0.3) is 0 Å². The third kappa shape index (κ3) is 5.66. The van der Waals surface area contributed by atoms with E-state index >= 15 is 0 Å². The van der Waals surface area contributed by atoms with Crippen LogP contribution < -0.4 is 10.6 Å². The Morgan fingerprint density at radius 3 is 2.82 bits per heavy atom. The second kappa shape index (κ2) is 10.2. The molecular weight excluding hydrogens is 432 g/mol. The summed E-state index contributed by atoms with van der Waals surface area (Å²) in [5.41, 5.74) is 0.951. The fourth-order valence-corrected chi connectivity index (χ4v) is 3.63. The van der Waals surface area contributed by atoms with Crippen LogP contribution in [0.15, 0.2) is 30.3 Å². The van der Waals surface area contributed by atoms with E-state index in [4.69, 9.17) is 14.2 Å². The summed E-state index contributed by atoms with van der Waals surface area (Å²) < 4.78 is 16.5. The van der Waals surface area contributed by atoms with Gasteiger partial charge in [-0.1, -0.05) is 46.3 Å². The van der Waals surface area contributed by atoms with Crippen molar-refractivity contribution in [1.82, 2.24) is 10.6 Å². The first kappa shape index (κ1) is 21.0. The van der Waals surface area contributed by atoms with Gasteiger partial charge in [-0.3, -0.25) is 4.79 Å². The quantitative estimate of drug-likeness (QED) is 0.503. The highest BCUT2D eigenvalue weighted by Crippen LogP contribution is 2.32. The predicted octanol–water partition coefficient (Wildman–Crippen LogP) is 0.957. The molecule has 2 aliphatic heterocycles. The van der Waals surface area contributed by atoms with Crippen LogP contribution in [0.5, 0.6) is 0 Å². The minimum absolute atomic E-state index is 0.0211. The summed E-state index contributed by atoms with van der Waals surface area (Å²) in [6.45, 7) is 0.919. The Hall–Kier alpha value is -1.68. The Balaban J connectivity index is 1.58. The highest BCUT2D eigenvalue weighted by atomic mass is 79.9. The van der Waals surface area contributed by atoms with Gasteiger partial charge >= 0.3 is 6.09 Å². The lowest BCUT2D eigenvalue weighted by Gasteiger charge is -2.25. The molecule has 0 aliphatic carbocycles. The Kier molecular flexibility index (Phi) is 7.66. The van der Waals surface area contributed by atoms with E-state index in [1.807, 2.05) is 30.3 Å². The molecule has 1 aromatic rings. The molecule has 8 nitrogen and oxygen atoms in total. The van der Waals surface area contributed by atoms with Gasteiger partial charge in [-0.05, 0) is 18.4 Å². The van der Waals surface area contributed by atoms with Crippen molar-refractivity contribution in [1.29, 1.82) is 0 Å². The second-order valence-electron chi connectivity index (χ2n) is 6.91. The van der Waals surface area contributed by atoms with Crippen LogP contribution >= 0.6 is 15.9 Å². The van der Waals surface area contributed by atoms with Crippen LogP contribution in [0, 0.1) is 5.92 Å². The van der Waals surface area contributed by atoms with Gasteiger partial charge in [0.1, 0.15) is 6.10 Å². The molecule has 154 valence electrons. The summed E-state index contributed by atoms with van der Waals surface area (Å²) in [5, 5.41) is 16.0. The molecule has 0 bridgehead atoms. The fourth-order valence-electron chi connectivity index (χ4n) is 3.43. The fraction of sp³-hybridized carbons (Fsp3) is 0.579. The van der Waals surface area contributed by atoms with Crippen LogP contribution in [0.25, 0.3) is 0 Å². The zero-order valence-corrected chi connectivity index (χ0v) is 17.0. The molecule has 0 aromatic heterocycles. The summed E-state index contributed by atoms with van der Waals surface area (Å²) in [6.07, 6.45) is -1.07. The van der Waals surface area contributed by atoms with Crippen molar-refractivity contribution in [3.05, 3.63) is 35.9 Å². The number of fused-ring (bicyclic) bond motifs is 1. The van der Waals surface area contributed by atoms with Gasteiger partial charge in [-0.25, -0.2) is 4.79 Å². The number of amides is 2.